The summed E-state index contributed by atoms with van der Waals surface area (Å²) < 4.78 is 32.4. The SMILES string of the molecule is CN(C)c1nc(Cc2ccc(NC(=O)COc3ccccc3)cc2)nc(N2CCOCC2)c1CC(=O)O.COc1ccc(/C=C/C(=O)Nc2ccc(Cc3nc(N(C)C)c(CC(=O)O)c(N4CCOCC4)n3)cc2)cc1.COc1ccccc1/C=C/C(=O)Nc1ccc(Cc2nc(N(C)C)c(CC(=O)O)c(N3CCOCC3)n2)cc1. The lowest BCUT2D eigenvalue weighted by atomic mass is 10.1. The summed E-state index contributed by atoms with van der Waals surface area (Å²) in [5.74, 6) is 4.03. The lowest BCUT2D eigenvalue weighted by Crippen LogP contribution is -2.38. The van der Waals surface area contributed by atoms with E-state index >= 15 is 0 Å². The van der Waals surface area contributed by atoms with E-state index in [1.807, 2.05) is 197 Å². The van der Waals surface area contributed by atoms with Crippen molar-refractivity contribution in [3.05, 3.63) is 226 Å². The molecule has 3 aliphatic rings. The molecule has 0 atom stereocenters. The van der Waals surface area contributed by atoms with Crippen LogP contribution in [0.2, 0.25) is 0 Å². The molecule has 3 fully saturated rings. The smallest absolute Gasteiger partial charge is 0.308 e. The zero-order valence-electron chi connectivity index (χ0n) is 65.8. The van der Waals surface area contributed by atoms with Gasteiger partial charge in [0.05, 0.1) is 73.1 Å². The van der Waals surface area contributed by atoms with Crippen LogP contribution >= 0.6 is 0 Å². The predicted molar refractivity (Wildman–Crippen MR) is 442 cm³/mol. The van der Waals surface area contributed by atoms with Gasteiger partial charge in [-0.2, -0.15) is 0 Å². The van der Waals surface area contributed by atoms with Crippen molar-refractivity contribution in [1.29, 1.82) is 0 Å². The number of nitrogens with zero attached hydrogens (tertiary/aromatic N) is 12. The summed E-state index contributed by atoms with van der Waals surface area (Å²) >= 11 is 0. The Bertz CT molecular complexity index is 4820. The van der Waals surface area contributed by atoms with Gasteiger partial charge in [-0.25, -0.2) is 29.9 Å². The summed E-state index contributed by atoms with van der Waals surface area (Å²) in [6.45, 7) is 7.10. The first kappa shape index (κ1) is 84.4. The van der Waals surface area contributed by atoms with Crippen molar-refractivity contribution >= 4 is 99.8 Å². The summed E-state index contributed by atoms with van der Waals surface area (Å²) in [6.07, 6.45) is 7.27. The number of carbonyl (C=O) groups excluding carboxylic acids is 3. The highest BCUT2D eigenvalue weighted by molar-refractivity contribution is 6.03. The maximum Gasteiger partial charge on any atom is 0.308 e. The number of nitrogens with one attached hydrogen (secondary N) is 3. The number of aromatic nitrogens is 6. The summed E-state index contributed by atoms with van der Waals surface area (Å²) in [6, 6.07) is 46.5. The van der Waals surface area contributed by atoms with Gasteiger partial charge in [-0.05, 0) is 101 Å². The molecular weight excluding hydrogens is 1470 g/mol. The Morgan fingerprint density at radius 1 is 0.417 bits per heavy atom. The molecule has 30 nitrogen and oxygen atoms in total. The normalized spacial score (nSPS) is 13.3. The number of benzene rings is 6. The molecule has 115 heavy (non-hydrogen) atoms. The summed E-state index contributed by atoms with van der Waals surface area (Å²) in [7, 11) is 14.3. The molecule has 0 saturated carbocycles. The third-order valence-corrected chi connectivity index (χ3v) is 18.2. The maximum absolute atomic E-state index is 12.4. The van der Waals surface area contributed by atoms with Crippen molar-refractivity contribution in [2.45, 2.75) is 38.5 Å². The molecule has 0 aliphatic carbocycles. The third kappa shape index (κ3) is 25.5. The minimum atomic E-state index is -0.931. The van der Waals surface area contributed by atoms with Gasteiger partial charge in [0.2, 0.25) is 11.8 Å². The molecule has 3 amide bonds. The quantitative estimate of drug-likeness (QED) is 0.0228. The minimum Gasteiger partial charge on any atom is -0.497 e. The monoisotopic (exact) mass is 1570 g/mol. The fourth-order valence-electron chi connectivity index (χ4n) is 12.7. The summed E-state index contributed by atoms with van der Waals surface area (Å²) in [5, 5.41) is 37.2. The number of para-hydroxylation sites is 2. The van der Waals surface area contributed by atoms with E-state index in [9.17, 15) is 44.1 Å². The van der Waals surface area contributed by atoms with Gasteiger partial charge < -0.3 is 89.1 Å². The van der Waals surface area contributed by atoms with Gasteiger partial charge in [0.1, 0.15) is 69.6 Å². The molecule has 0 radical (unpaired) electrons. The first-order valence-electron chi connectivity index (χ1n) is 37.4. The fraction of sp³-hybridized carbons (Fsp3) is 0.318. The van der Waals surface area contributed by atoms with Crippen molar-refractivity contribution < 1.29 is 72.5 Å². The Balaban J connectivity index is 0.000000182. The first-order valence-corrected chi connectivity index (χ1v) is 37.4. The van der Waals surface area contributed by atoms with E-state index in [0.717, 1.165) is 33.6 Å². The second-order valence-electron chi connectivity index (χ2n) is 27.4. The van der Waals surface area contributed by atoms with Crippen LogP contribution < -0.4 is 59.6 Å². The average molecular weight is 1570 g/mol. The van der Waals surface area contributed by atoms with Gasteiger partial charge in [0.25, 0.3) is 5.91 Å². The zero-order valence-corrected chi connectivity index (χ0v) is 65.8. The molecule has 3 aromatic heterocycles. The highest BCUT2D eigenvalue weighted by Crippen LogP contribution is 2.33. The Labute approximate surface area is 668 Å². The van der Waals surface area contributed by atoms with E-state index < -0.39 is 17.9 Å². The molecule has 6 heterocycles. The minimum absolute atomic E-state index is 0.0834. The number of rotatable bonds is 30. The number of carboxylic acids is 3. The number of methoxy groups -OCH3 is 2. The second-order valence-corrected chi connectivity index (χ2v) is 27.4. The van der Waals surface area contributed by atoms with Gasteiger partial charge in [0, 0.05) is 152 Å². The average Bonchev–Trinajstić information content (AvgIpc) is 0.800. The van der Waals surface area contributed by atoms with Crippen LogP contribution in [0.1, 0.15) is 62.0 Å². The van der Waals surface area contributed by atoms with Gasteiger partial charge in [-0.15, -0.1) is 0 Å². The number of hydrogen-bond donors (Lipinski definition) is 6. The Hall–Kier alpha value is -13.1. The standard InChI is InChI=1S/2C29H33N5O5.C27H31N5O5/c1-33(2)28-24(19-27(36)37)29(34-14-16-39-17-15-34)32-25(31-28)18-21-4-9-22(10-5-21)30-26(35)13-8-20-6-11-23(38-3)12-7-20;1-33(2)28-23(19-27(36)37)29(34-14-16-39-17-15-34)32-25(31-28)18-20-8-11-22(12-9-20)30-26(35)13-10-21-6-4-5-7-24(21)38-3;1-31(2)26-22(17-25(34)35)27(32-12-14-36-15-13-32)30-23(29-26)16-19-8-10-20(11-9-19)28-24(33)18-37-21-6-4-3-5-7-21/h2*4-13H,14-19H2,1-3H3,(H,30,35)(H,36,37);3-11H,12-18H2,1-2H3,(H,28,33)(H,34,35)/b13-8+;13-10+;. The van der Waals surface area contributed by atoms with Crippen LogP contribution in [-0.4, -0.2) is 223 Å². The van der Waals surface area contributed by atoms with Gasteiger partial charge in [0.15, 0.2) is 6.61 Å². The molecular formula is C85H97N15O15. The molecule has 602 valence electrons. The van der Waals surface area contributed by atoms with Crippen LogP contribution in [-0.2, 0) is 81.5 Å². The number of amides is 3. The molecule has 0 spiro atoms. The van der Waals surface area contributed by atoms with E-state index in [0.29, 0.717) is 196 Å². The molecule has 6 aromatic carbocycles. The van der Waals surface area contributed by atoms with Crippen LogP contribution in [0.5, 0.6) is 17.2 Å². The number of anilines is 9. The highest BCUT2D eigenvalue weighted by atomic mass is 16.5. The van der Waals surface area contributed by atoms with Crippen LogP contribution in [0.25, 0.3) is 12.2 Å². The van der Waals surface area contributed by atoms with Gasteiger partial charge >= 0.3 is 17.9 Å². The Morgan fingerprint density at radius 3 is 1.13 bits per heavy atom. The van der Waals surface area contributed by atoms with Crippen molar-refractivity contribution in [2.75, 3.05) is 187 Å². The maximum atomic E-state index is 12.4. The van der Waals surface area contributed by atoms with E-state index in [-0.39, 0.29) is 43.6 Å². The molecule has 3 saturated heterocycles. The summed E-state index contributed by atoms with van der Waals surface area (Å²) in [5.41, 5.74) is 8.37. The third-order valence-electron chi connectivity index (χ3n) is 18.2. The Kier molecular flexibility index (Phi) is 30.8. The number of morpholine rings is 3. The van der Waals surface area contributed by atoms with Crippen LogP contribution in [0.3, 0.4) is 0 Å². The van der Waals surface area contributed by atoms with E-state index in [4.69, 9.17) is 58.3 Å². The number of hydrogen-bond acceptors (Lipinski definition) is 24. The van der Waals surface area contributed by atoms with Gasteiger partial charge in [-0.3, -0.25) is 28.8 Å². The van der Waals surface area contributed by atoms with Crippen LogP contribution in [0.15, 0.2) is 164 Å². The topological polar surface area (TPSA) is 351 Å². The van der Waals surface area contributed by atoms with Gasteiger partial charge in [-0.1, -0.05) is 84.9 Å². The zero-order chi connectivity index (χ0) is 81.8. The molecule has 0 unspecified atom stereocenters. The molecule has 3 aliphatic heterocycles. The van der Waals surface area contributed by atoms with Crippen molar-refractivity contribution in [3.8, 4) is 17.2 Å². The molecule has 9 aromatic rings. The largest absolute Gasteiger partial charge is 0.497 e. The highest BCUT2D eigenvalue weighted by Gasteiger charge is 2.28. The van der Waals surface area contributed by atoms with Crippen molar-refractivity contribution in [3.63, 3.8) is 0 Å². The van der Waals surface area contributed by atoms with E-state index in [1.54, 1.807) is 38.5 Å². The number of carbonyl (C=O) groups is 6. The number of ether oxygens (including phenoxy) is 6. The van der Waals surface area contributed by atoms with Crippen molar-refractivity contribution in [2.24, 2.45) is 0 Å². The molecule has 6 N–H and O–H groups in total. The number of aliphatic carboxylic acids is 3. The molecule has 0 bridgehead atoms. The summed E-state index contributed by atoms with van der Waals surface area (Å²) in [4.78, 5) is 112. The lowest BCUT2D eigenvalue weighted by molar-refractivity contribution is -0.137. The second kappa shape index (κ2) is 42.0. The Morgan fingerprint density at radius 2 is 0.774 bits per heavy atom. The van der Waals surface area contributed by atoms with Crippen LogP contribution in [0.4, 0.5) is 52.0 Å². The van der Waals surface area contributed by atoms with E-state index in [1.165, 1.54) is 12.2 Å². The first-order chi connectivity index (χ1) is 55.5. The fourth-order valence-corrected chi connectivity index (χ4v) is 12.7. The van der Waals surface area contributed by atoms with E-state index in [2.05, 4.69) is 30.7 Å². The molecule has 30 heteroatoms. The predicted octanol–water partition coefficient (Wildman–Crippen LogP) is 9.13. The van der Waals surface area contributed by atoms with Crippen molar-refractivity contribution in [1.82, 2.24) is 29.9 Å². The number of carboxylic acid groups (broad SMARTS) is 3. The lowest BCUT2D eigenvalue weighted by Gasteiger charge is -2.31. The van der Waals surface area contributed by atoms with Crippen LogP contribution in [0, 0.1) is 0 Å². The molecule has 12 rings (SSSR count).